The molecular formula is C16H23NS. The summed E-state index contributed by atoms with van der Waals surface area (Å²) in [4.78, 5) is 1.49. The molecule has 1 fully saturated rings. The van der Waals surface area contributed by atoms with Gasteiger partial charge in [-0.25, -0.2) is 0 Å². The molecule has 0 saturated heterocycles. The highest BCUT2D eigenvalue weighted by molar-refractivity contribution is 7.99. The van der Waals surface area contributed by atoms with Crippen molar-refractivity contribution in [3.05, 3.63) is 29.8 Å². The van der Waals surface area contributed by atoms with Gasteiger partial charge in [0.05, 0.1) is 0 Å². The van der Waals surface area contributed by atoms with E-state index in [4.69, 9.17) is 0 Å². The van der Waals surface area contributed by atoms with Crippen molar-refractivity contribution < 1.29 is 0 Å². The second kappa shape index (κ2) is 5.66. The van der Waals surface area contributed by atoms with Crippen molar-refractivity contribution in [1.29, 1.82) is 0 Å². The third-order valence-electron chi connectivity index (χ3n) is 4.53. The van der Waals surface area contributed by atoms with E-state index in [1.807, 2.05) is 11.8 Å². The molecule has 98 valence electrons. The van der Waals surface area contributed by atoms with Gasteiger partial charge in [-0.1, -0.05) is 31.0 Å². The van der Waals surface area contributed by atoms with Gasteiger partial charge in [-0.2, -0.15) is 0 Å². The molecule has 1 N–H and O–H groups in total. The van der Waals surface area contributed by atoms with Crippen LogP contribution in [0.4, 0.5) is 0 Å². The molecular weight excluding hydrogens is 238 g/mol. The Bertz CT molecular complexity index is 398. The van der Waals surface area contributed by atoms with E-state index in [9.17, 15) is 0 Å². The lowest BCUT2D eigenvalue weighted by Gasteiger charge is -2.31. The smallest absolute Gasteiger partial charge is 0.0341 e. The van der Waals surface area contributed by atoms with E-state index in [1.54, 1.807) is 0 Å². The molecule has 2 aliphatic rings. The van der Waals surface area contributed by atoms with Crippen LogP contribution in [0.1, 0.15) is 50.6 Å². The Morgan fingerprint density at radius 3 is 2.78 bits per heavy atom. The zero-order chi connectivity index (χ0) is 12.4. The zero-order valence-electron chi connectivity index (χ0n) is 11.2. The highest BCUT2D eigenvalue weighted by atomic mass is 32.2. The Morgan fingerprint density at radius 1 is 1.17 bits per heavy atom. The Balaban J connectivity index is 1.70. The molecule has 0 bridgehead atoms. The van der Waals surface area contributed by atoms with Crippen molar-refractivity contribution in [2.75, 3.05) is 5.75 Å². The van der Waals surface area contributed by atoms with E-state index in [0.29, 0.717) is 12.1 Å². The van der Waals surface area contributed by atoms with Crippen LogP contribution in [0, 0.1) is 5.92 Å². The van der Waals surface area contributed by atoms with E-state index in [0.717, 1.165) is 5.92 Å². The normalized spacial score (nSPS) is 25.9. The molecule has 18 heavy (non-hydrogen) atoms. The van der Waals surface area contributed by atoms with E-state index >= 15 is 0 Å². The third-order valence-corrected chi connectivity index (χ3v) is 5.65. The number of rotatable bonds is 3. The van der Waals surface area contributed by atoms with Crippen LogP contribution in [0.5, 0.6) is 0 Å². The van der Waals surface area contributed by atoms with E-state index in [1.165, 1.54) is 48.3 Å². The summed E-state index contributed by atoms with van der Waals surface area (Å²) in [7, 11) is 0. The lowest BCUT2D eigenvalue weighted by atomic mass is 9.96. The fourth-order valence-corrected chi connectivity index (χ4v) is 4.55. The lowest BCUT2D eigenvalue weighted by molar-refractivity contribution is 0.336. The minimum absolute atomic E-state index is 0.582. The zero-order valence-corrected chi connectivity index (χ0v) is 12.0. The summed E-state index contributed by atoms with van der Waals surface area (Å²) in [6.07, 6.45) is 7.01. The van der Waals surface area contributed by atoms with Crippen molar-refractivity contribution in [2.24, 2.45) is 5.92 Å². The minimum Gasteiger partial charge on any atom is -0.307 e. The highest BCUT2D eigenvalue weighted by Gasteiger charge is 2.26. The van der Waals surface area contributed by atoms with Gasteiger partial charge in [0.15, 0.2) is 0 Å². The number of nitrogens with one attached hydrogen (secondary N) is 1. The van der Waals surface area contributed by atoms with E-state index < -0.39 is 0 Å². The standard InChI is InChI=1S/C16H23NS/c1-12(13-6-2-3-7-13)17-15-10-11-18-16-9-5-4-8-14(15)16/h4-5,8-9,12-13,15,17H,2-3,6-7,10-11H2,1H3/t12-,15?/m1/s1. The van der Waals surface area contributed by atoms with Crippen molar-refractivity contribution in [1.82, 2.24) is 5.32 Å². The van der Waals surface area contributed by atoms with Crippen LogP contribution in [0.15, 0.2) is 29.2 Å². The van der Waals surface area contributed by atoms with E-state index in [-0.39, 0.29) is 0 Å². The summed E-state index contributed by atoms with van der Waals surface area (Å²) in [5, 5.41) is 3.90. The average molecular weight is 261 g/mol. The molecule has 0 amide bonds. The first-order valence-corrected chi connectivity index (χ1v) is 8.31. The quantitative estimate of drug-likeness (QED) is 0.866. The molecule has 1 heterocycles. The molecule has 1 aromatic rings. The molecule has 2 atom stereocenters. The van der Waals surface area contributed by atoms with Crippen LogP contribution < -0.4 is 5.32 Å². The van der Waals surface area contributed by atoms with Gasteiger partial charge in [-0.3, -0.25) is 0 Å². The molecule has 1 unspecified atom stereocenters. The van der Waals surface area contributed by atoms with Gasteiger partial charge in [0.1, 0.15) is 0 Å². The van der Waals surface area contributed by atoms with Crippen LogP contribution in [0.2, 0.25) is 0 Å². The molecule has 0 aromatic heterocycles. The Labute approximate surface area is 115 Å². The summed E-state index contributed by atoms with van der Waals surface area (Å²) in [6.45, 7) is 2.39. The second-order valence-corrected chi connectivity index (χ2v) is 6.86. The maximum absolute atomic E-state index is 3.90. The van der Waals surface area contributed by atoms with Crippen molar-refractivity contribution in [2.45, 2.75) is 56.0 Å². The molecule has 2 heteroatoms. The van der Waals surface area contributed by atoms with Crippen LogP contribution in [-0.2, 0) is 0 Å². The van der Waals surface area contributed by atoms with Gasteiger partial charge in [-0.15, -0.1) is 11.8 Å². The number of benzene rings is 1. The molecule has 3 rings (SSSR count). The van der Waals surface area contributed by atoms with Gasteiger partial charge in [0.25, 0.3) is 0 Å². The molecule has 0 spiro atoms. The third kappa shape index (κ3) is 2.60. The summed E-state index contributed by atoms with van der Waals surface area (Å²) in [5.41, 5.74) is 1.53. The molecule has 1 nitrogen and oxygen atoms in total. The first-order valence-electron chi connectivity index (χ1n) is 7.32. The van der Waals surface area contributed by atoms with Gasteiger partial charge in [0.2, 0.25) is 0 Å². The Morgan fingerprint density at radius 2 is 1.94 bits per heavy atom. The molecule has 0 radical (unpaired) electrons. The Kier molecular flexibility index (Phi) is 3.95. The average Bonchev–Trinajstić information content (AvgIpc) is 2.93. The maximum Gasteiger partial charge on any atom is 0.0341 e. The van der Waals surface area contributed by atoms with Gasteiger partial charge < -0.3 is 5.32 Å². The summed E-state index contributed by atoms with van der Waals surface area (Å²) in [6, 6.07) is 10.2. The van der Waals surface area contributed by atoms with Gasteiger partial charge in [0, 0.05) is 17.0 Å². The van der Waals surface area contributed by atoms with Crippen LogP contribution >= 0.6 is 11.8 Å². The lowest BCUT2D eigenvalue weighted by Crippen LogP contribution is -2.36. The molecule has 1 aliphatic heterocycles. The number of fused-ring (bicyclic) bond motifs is 1. The summed E-state index contributed by atoms with van der Waals surface area (Å²) in [5.74, 6) is 2.17. The molecule has 1 aliphatic carbocycles. The topological polar surface area (TPSA) is 12.0 Å². The minimum atomic E-state index is 0.582. The number of thioether (sulfide) groups is 1. The predicted molar refractivity (Wildman–Crippen MR) is 79.1 cm³/mol. The van der Waals surface area contributed by atoms with Crippen LogP contribution in [0.25, 0.3) is 0 Å². The summed E-state index contributed by atoms with van der Waals surface area (Å²) >= 11 is 2.01. The summed E-state index contributed by atoms with van der Waals surface area (Å²) < 4.78 is 0. The van der Waals surface area contributed by atoms with Gasteiger partial charge in [-0.05, 0) is 49.5 Å². The molecule has 1 saturated carbocycles. The largest absolute Gasteiger partial charge is 0.307 e. The van der Waals surface area contributed by atoms with Crippen molar-refractivity contribution in [3.63, 3.8) is 0 Å². The monoisotopic (exact) mass is 261 g/mol. The fourth-order valence-electron chi connectivity index (χ4n) is 3.43. The van der Waals surface area contributed by atoms with Crippen LogP contribution in [0.3, 0.4) is 0 Å². The fraction of sp³-hybridized carbons (Fsp3) is 0.625. The highest BCUT2D eigenvalue weighted by Crippen LogP contribution is 2.37. The maximum atomic E-state index is 3.90. The Hall–Kier alpha value is -0.470. The second-order valence-electron chi connectivity index (χ2n) is 5.73. The first-order chi connectivity index (χ1) is 8.84. The van der Waals surface area contributed by atoms with E-state index in [2.05, 4.69) is 36.5 Å². The first kappa shape index (κ1) is 12.6. The van der Waals surface area contributed by atoms with Crippen molar-refractivity contribution in [3.8, 4) is 0 Å². The number of hydrogen-bond donors (Lipinski definition) is 1. The van der Waals surface area contributed by atoms with Crippen molar-refractivity contribution >= 4 is 11.8 Å². The SMILES string of the molecule is C[C@@H](NC1CCSc2ccccc21)C1CCCC1. The van der Waals surface area contributed by atoms with Crippen LogP contribution in [-0.4, -0.2) is 11.8 Å². The predicted octanol–water partition coefficient (Wildman–Crippen LogP) is 4.39. The number of hydrogen-bond acceptors (Lipinski definition) is 2. The molecule has 1 aromatic carbocycles. The van der Waals surface area contributed by atoms with Gasteiger partial charge >= 0.3 is 0 Å².